The lowest BCUT2D eigenvalue weighted by molar-refractivity contribution is 0.0118. The Kier molecular flexibility index (Phi) is 5.16. The van der Waals surface area contributed by atoms with E-state index < -0.39 is 24.9 Å². The second-order valence-corrected chi connectivity index (χ2v) is 2.71. The maximum Gasteiger partial charge on any atom is 0.277 e. The quantitative estimate of drug-likeness (QED) is 0.701. The molecule has 1 amide bonds. The molecular formula is C7H11ClF2N4O. The van der Waals surface area contributed by atoms with E-state index in [1.807, 2.05) is 5.32 Å². The smallest absolute Gasteiger partial charge is 0.277 e. The molecule has 0 saturated carbocycles. The van der Waals surface area contributed by atoms with E-state index in [0.717, 1.165) is 0 Å². The van der Waals surface area contributed by atoms with Gasteiger partial charge < -0.3 is 11.1 Å². The highest BCUT2D eigenvalue weighted by atomic mass is 35.5. The summed E-state index contributed by atoms with van der Waals surface area (Å²) in [5, 5.41) is 7.90. The number of nitrogens with one attached hydrogen (secondary N) is 2. The number of hydrogen-bond acceptors (Lipinski definition) is 3. The van der Waals surface area contributed by atoms with E-state index in [1.165, 1.54) is 12.3 Å². The number of carbonyl (C=O) groups is 1. The van der Waals surface area contributed by atoms with Crippen LogP contribution in [0.25, 0.3) is 0 Å². The van der Waals surface area contributed by atoms with Crippen molar-refractivity contribution in [1.29, 1.82) is 0 Å². The van der Waals surface area contributed by atoms with Gasteiger partial charge in [-0.1, -0.05) is 0 Å². The Morgan fingerprint density at radius 3 is 2.80 bits per heavy atom. The number of nitrogens with zero attached hydrogens (tertiary/aromatic N) is 1. The number of hydrogen-bond donors (Lipinski definition) is 3. The van der Waals surface area contributed by atoms with Gasteiger partial charge in [-0.25, -0.2) is 8.78 Å². The van der Waals surface area contributed by atoms with Crippen molar-refractivity contribution < 1.29 is 13.6 Å². The molecule has 0 spiro atoms. The molecule has 0 bridgehead atoms. The number of nitrogens with two attached hydrogens (primary N) is 1. The van der Waals surface area contributed by atoms with Crippen molar-refractivity contribution in [3.8, 4) is 0 Å². The van der Waals surface area contributed by atoms with Crippen molar-refractivity contribution in [3.05, 3.63) is 18.0 Å². The van der Waals surface area contributed by atoms with Gasteiger partial charge in [-0.05, 0) is 6.07 Å². The van der Waals surface area contributed by atoms with Gasteiger partial charge in [-0.2, -0.15) is 5.10 Å². The topological polar surface area (TPSA) is 83.8 Å². The lowest BCUT2D eigenvalue weighted by Crippen LogP contribution is -2.41. The maximum absolute atomic E-state index is 12.6. The number of amides is 1. The van der Waals surface area contributed by atoms with Gasteiger partial charge in [0.15, 0.2) is 0 Å². The normalized spacial score (nSPS) is 10.6. The predicted octanol–water partition coefficient (Wildman–Crippen LogP) is 0.155. The number of H-pyrrole nitrogens is 1. The Hall–Kier alpha value is -1.21. The summed E-state index contributed by atoms with van der Waals surface area (Å²) in [6.07, 6.45) is 1.36. The fraction of sp³-hybridized carbons (Fsp3) is 0.429. The first kappa shape index (κ1) is 13.8. The number of aromatic nitrogens is 2. The van der Waals surface area contributed by atoms with E-state index in [4.69, 9.17) is 5.73 Å². The highest BCUT2D eigenvalue weighted by Gasteiger charge is 2.27. The third-order valence-corrected chi connectivity index (χ3v) is 1.55. The lowest BCUT2D eigenvalue weighted by atomic mass is 10.3. The van der Waals surface area contributed by atoms with Crippen molar-refractivity contribution in [2.24, 2.45) is 5.73 Å². The van der Waals surface area contributed by atoms with E-state index in [0.29, 0.717) is 0 Å². The molecule has 0 aromatic carbocycles. The molecule has 0 aliphatic carbocycles. The fourth-order valence-corrected chi connectivity index (χ4v) is 0.759. The zero-order valence-corrected chi connectivity index (χ0v) is 8.48. The standard InChI is InChI=1S/C7H10F2N4O.ClH/c8-7(9,3-10)4-11-6(14)5-1-2-12-13-5;/h1-2H,3-4,10H2,(H,11,14)(H,12,13);1H. The molecule has 1 heterocycles. The van der Waals surface area contributed by atoms with Gasteiger partial charge in [-0.15, -0.1) is 12.4 Å². The van der Waals surface area contributed by atoms with E-state index in [2.05, 4.69) is 10.2 Å². The number of carbonyl (C=O) groups excluding carboxylic acids is 1. The molecule has 0 aliphatic heterocycles. The highest BCUT2D eigenvalue weighted by molar-refractivity contribution is 5.92. The second-order valence-electron chi connectivity index (χ2n) is 2.71. The molecule has 0 saturated heterocycles. The Morgan fingerprint density at radius 1 is 1.67 bits per heavy atom. The SMILES string of the molecule is Cl.NCC(F)(F)CNC(=O)c1ccn[nH]1. The van der Waals surface area contributed by atoms with Crippen LogP contribution in [0.5, 0.6) is 0 Å². The van der Waals surface area contributed by atoms with E-state index in [1.54, 1.807) is 0 Å². The van der Waals surface area contributed by atoms with Crippen LogP contribution in [0.4, 0.5) is 8.78 Å². The first-order chi connectivity index (χ1) is 6.55. The van der Waals surface area contributed by atoms with Crippen molar-refractivity contribution in [1.82, 2.24) is 15.5 Å². The third-order valence-electron chi connectivity index (χ3n) is 1.55. The highest BCUT2D eigenvalue weighted by Crippen LogP contribution is 2.08. The Morgan fingerprint density at radius 2 is 2.33 bits per heavy atom. The minimum Gasteiger partial charge on any atom is -0.345 e. The molecule has 15 heavy (non-hydrogen) atoms. The van der Waals surface area contributed by atoms with Gasteiger partial charge >= 0.3 is 0 Å². The minimum atomic E-state index is -3.07. The summed E-state index contributed by atoms with van der Waals surface area (Å²) in [6.45, 7) is -1.57. The van der Waals surface area contributed by atoms with Crippen LogP contribution in [0.1, 0.15) is 10.5 Å². The van der Waals surface area contributed by atoms with E-state index in [9.17, 15) is 13.6 Å². The first-order valence-corrected chi connectivity index (χ1v) is 3.90. The van der Waals surface area contributed by atoms with Gasteiger partial charge in [-0.3, -0.25) is 9.89 Å². The summed E-state index contributed by atoms with van der Waals surface area (Å²) >= 11 is 0. The fourth-order valence-electron chi connectivity index (χ4n) is 0.759. The Bertz CT molecular complexity index is 304. The summed E-state index contributed by atoms with van der Waals surface area (Å²) in [4.78, 5) is 11.1. The Labute approximate surface area is 90.8 Å². The molecular weight excluding hydrogens is 230 g/mol. The van der Waals surface area contributed by atoms with E-state index >= 15 is 0 Å². The molecule has 1 aromatic rings. The van der Waals surface area contributed by atoms with Crippen LogP contribution in [-0.4, -0.2) is 35.1 Å². The predicted molar refractivity (Wildman–Crippen MR) is 52.2 cm³/mol. The lowest BCUT2D eigenvalue weighted by Gasteiger charge is -2.13. The zero-order chi connectivity index (χ0) is 10.6. The average molecular weight is 241 g/mol. The van der Waals surface area contributed by atoms with Crippen molar-refractivity contribution >= 4 is 18.3 Å². The molecule has 0 fully saturated rings. The van der Waals surface area contributed by atoms with E-state index in [-0.39, 0.29) is 18.1 Å². The molecule has 4 N–H and O–H groups in total. The Balaban J connectivity index is 0.00000196. The molecule has 8 heteroatoms. The van der Waals surface area contributed by atoms with Crippen LogP contribution in [-0.2, 0) is 0 Å². The number of aromatic amines is 1. The molecule has 86 valence electrons. The monoisotopic (exact) mass is 240 g/mol. The van der Waals surface area contributed by atoms with Crippen molar-refractivity contribution in [2.75, 3.05) is 13.1 Å². The molecule has 0 aliphatic rings. The van der Waals surface area contributed by atoms with Crippen LogP contribution in [0, 0.1) is 0 Å². The first-order valence-electron chi connectivity index (χ1n) is 3.90. The molecule has 5 nitrogen and oxygen atoms in total. The maximum atomic E-state index is 12.6. The summed E-state index contributed by atoms with van der Waals surface area (Å²) in [5.41, 5.74) is 4.93. The van der Waals surface area contributed by atoms with Gasteiger partial charge in [0.1, 0.15) is 5.69 Å². The molecule has 1 aromatic heterocycles. The van der Waals surface area contributed by atoms with Crippen LogP contribution >= 0.6 is 12.4 Å². The van der Waals surface area contributed by atoms with Crippen molar-refractivity contribution in [3.63, 3.8) is 0 Å². The van der Waals surface area contributed by atoms with Crippen LogP contribution in [0.15, 0.2) is 12.3 Å². The number of rotatable bonds is 4. The van der Waals surface area contributed by atoms with Crippen LogP contribution in [0.3, 0.4) is 0 Å². The summed E-state index contributed by atoms with van der Waals surface area (Å²) in [5.74, 6) is -3.70. The summed E-state index contributed by atoms with van der Waals surface area (Å²) in [6, 6.07) is 1.38. The summed E-state index contributed by atoms with van der Waals surface area (Å²) in [7, 11) is 0. The molecule has 0 atom stereocenters. The third kappa shape index (κ3) is 4.22. The number of alkyl halides is 2. The summed E-state index contributed by atoms with van der Waals surface area (Å²) < 4.78 is 25.2. The van der Waals surface area contributed by atoms with Gasteiger partial charge in [0.2, 0.25) is 0 Å². The molecule has 1 rings (SSSR count). The molecule has 0 unspecified atom stereocenters. The average Bonchev–Trinajstić information content (AvgIpc) is 2.67. The second kappa shape index (κ2) is 5.62. The van der Waals surface area contributed by atoms with Gasteiger partial charge in [0, 0.05) is 6.20 Å². The largest absolute Gasteiger partial charge is 0.345 e. The molecule has 0 radical (unpaired) electrons. The van der Waals surface area contributed by atoms with Crippen LogP contribution < -0.4 is 11.1 Å². The minimum absolute atomic E-state index is 0. The van der Waals surface area contributed by atoms with Gasteiger partial charge in [0.25, 0.3) is 11.8 Å². The number of halogens is 3. The van der Waals surface area contributed by atoms with Gasteiger partial charge in [0.05, 0.1) is 13.1 Å². The van der Waals surface area contributed by atoms with Crippen molar-refractivity contribution in [2.45, 2.75) is 5.92 Å². The zero-order valence-electron chi connectivity index (χ0n) is 7.67. The van der Waals surface area contributed by atoms with Crippen LogP contribution in [0.2, 0.25) is 0 Å².